The van der Waals surface area contributed by atoms with Crippen molar-refractivity contribution in [1.82, 2.24) is 19.9 Å². The highest BCUT2D eigenvalue weighted by molar-refractivity contribution is 6.30. The lowest BCUT2D eigenvalue weighted by atomic mass is 10.1. The van der Waals surface area contributed by atoms with E-state index in [4.69, 9.17) is 16.7 Å². The average molecular weight is 349 g/mol. The molecule has 0 bridgehead atoms. The third kappa shape index (κ3) is 2.99. The number of rotatable bonds is 4. The number of nitrogens with zero attached hydrogens (tertiary/aromatic N) is 4. The fraction of sp³-hybridized carbons (Fsp3) is 0.375. The number of hydrogen-bond acceptors (Lipinski definition) is 4. The number of carbonyl (C=O) groups is 2. The fourth-order valence-corrected chi connectivity index (χ4v) is 3.08. The van der Waals surface area contributed by atoms with E-state index < -0.39 is 11.9 Å². The van der Waals surface area contributed by atoms with Gasteiger partial charge in [-0.3, -0.25) is 9.59 Å². The van der Waals surface area contributed by atoms with Crippen LogP contribution in [0.4, 0.5) is 0 Å². The maximum absolute atomic E-state index is 12.7. The van der Waals surface area contributed by atoms with Gasteiger partial charge in [-0.1, -0.05) is 29.8 Å². The summed E-state index contributed by atoms with van der Waals surface area (Å²) in [6, 6.07) is 7.15. The van der Waals surface area contributed by atoms with E-state index in [1.54, 1.807) is 22.9 Å². The van der Waals surface area contributed by atoms with Crippen molar-refractivity contribution in [3.63, 3.8) is 0 Å². The van der Waals surface area contributed by atoms with Crippen molar-refractivity contribution in [1.29, 1.82) is 0 Å². The van der Waals surface area contributed by atoms with Gasteiger partial charge < -0.3 is 10.0 Å². The number of benzene rings is 1. The highest BCUT2D eigenvalue weighted by Crippen LogP contribution is 2.22. The number of carboxylic acid groups (broad SMARTS) is 1. The van der Waals surface area contributed by atoms with Gasteiger partial charge in [-0.15, -0.1) is 5.10 Å². The number of likely N-dealkylation sites (tertiary alicyclic amines) is 1. The molecule has 0 spiro atoms. The summed E-state index contributed by atoms with van der Waals surface area (Å²) in [5.41, 5.74) is 1.68. The van der Waals surface area contributed by atoms with Crippen LogP contribution in [0.5, 0.6) is 0 Å². The predicted molar refractivity (Wildman–Crippen MR) is 87.4 cm³/mol. The lowest BCUT2D eigenvalue weighted by Crippen LogP contribution is -2.31. The molecule has 1 amide bonds. The topological polar surface area (TPSA) is 88.3 Å². The smallest absolute Gasteiger partial charge is 0.308 e. The molecule has 7 nitrogen and oxygen atoms in total. The van der Waals surface area contributed by atoms with Crippen LogP contribution in [0.1, 0.15) is 29.5 Å². The number of halogens is 1. The molecule has 126 valence electrons. The first-order valence-corrected chi connectivity index (χ1v) is 8.11. The van der Waals surface area contributed by atoms with Gasteiger partial charge in [0.05, 0.1) is 17.3 Å². The summed E-state index contributed by atoms with van der Waals surface area (Å²) in [5.74, 6) is -1.66. The summed E-state index contributed by atoms with van der Waals surface area (Å²) in [7, 11) is 0. The van der Waals surface area contributed by atoms with Crippen LogP contribution in [0, 0.1) is 5.92 Å². The van der Waals surface area contributed by atoms with E-state index in [-0.39, 0.29) is 18.1 Å². The normalized spacial score (nSPS) is 17.2. The largest absolute Gasteiger partial charge is 0.481 e. The summed E-state index contributed by atoms with van der Waals surface area (Å²) >= 11 is 6.02. The van der Waals surface area contributed by atoms with Gasteiger partial charge in [-0.2, -0.15) is 0 Å². The lowest BCUT2D eigenvalue weighted by Gasteiger charge is -2.15. The van der Waals surface area contributed by atoms with Gasteiger partial charge in [0, 0.05) is 18.1 Å². The Morgan fingerprint density at radius 3 is 2.83 bits per heavy atom. The molecule has 1 unspecified atom stereocenters. The molecule has 1 aliphatic rings. The number of carbonyl (C=O) groups excluding carboxylic acids is 1. The number of aromatic nitrogens is 3. The summed E-state index contributed by atoms with van der Waals surface area (Å²) < 4.78 is 1.60. The van der Waals surface area contributed by atoms with Crippen LogP contribution in [0.15, 0.2) is 24.3 Å². The highest BCUT2D eigenvalue weighted by atomic mass is 35.5. The Morgan fingerprint density at radius 1 is 1.42 bits per heavy atom. The van der Waals surface area contributed by atoms with Crippen LogP contribution in [-0.2, 0) is 11.2 Å². The quantitative estimate of drug-likeness (QED) is 0.913. The van der Waals surface area contributed by atoms with Gasteiger partial charge in [0.1, 0.15) is 0 Å². The Hall–Kier alpha value is -2.41. The summed E-state index contributed by atoms with van der Waals surface area (Å²) in [4.78, 5) is 25.3. The van der Waals surface area contributed by atoms with E-state index in [1.807, 2.05) is 13.0 Å². The van der Waals surface area contributed by atoms with Crippen LogP contribution in [0.3, 0.4) is 0 Å². The minimum Gasteiger partial charge on any atom is -0.481 e. The molecule has 1 atom stereocenters. The molecule has 3 rings (SSSR count). The van der Waals surface area contributed by atoms with Gasteiger partial charge in [0.15, 0.2) is 5.69 Å². The Labute approximate surface area is 143 Å². The zero-order valence-electron chi connectivity index (χ0n) is 13.1. The van der Waals surface area contributed by atoms with Crippen molar-refractivity contribution >= 4 is 23.5 Å². The molecule has 1 saturated heterocycles. The Morgan fingerprint density at radius 2 is 2.21 bits per heavy atom. The molecule has 1 aromatic heterocycles. The van der Waals surface area contributed by atoms with Gasteiger partial charge in [-0.05, 0) is 31.0 Å². The SMILES string of the molecule is CCc1c(C(=O)N2CCC(C(=O)O)C2)nnn1-c1cccc(Cl)c1. The van der Waals surface area contributed by atoms with Crippen molar-refractivity contribution in [2.45, 2.75) is 19.8 Å². The van der Waals surface area contributed by atoms with Gasteiger partial charge in [-0.25, -0.2) is 4.68 Å². The van der Waals surface area contributed by atoms with Crippen LogP contribution in [-0.4, -0.2) is 50.0 Å². The molecule has 1 fully saturated rings. The minimum atomic E-state index is -0.872. The second-order valence-electron chi connectivity index (χ2n) is 5.70. The standard InChI is InChI=1S/C16H17ClN4O3/c1-2-13-14(15(22)20-7-6-10(9-20)16(23)24)18-19-21(13)12-5-3-4-11(17)8-12/h3-5,8,10H,2,6-7,9H2,1H3,(H,23,24). The maximum atomic E-state index is 12.7. The van der Waals surface area contributed by atoms with E-state index in [0.717, 1.165) is 5.69 Å². The lowest BCUT2D eigenvalue weighted by molar-refractivity contribution is -0.141. The van der Waals surface area contributed by atoms with E-state index in [2.05, 4.69) is 10.3 Å². The molecule has 0 aliphatic carbocycles. The van der Waals surface area contributed by atoms with Crippen molar-refractivity contribution < 1.29 is 14.7 Å². The highest BCUT2D eigenvalue weighted by Gasteiger charge is 2.33. The fourth-order valence-electron chi connectivity index (χ4n) is 2.90. The molecule has 2 aromatic rings. The van der Waals surface area contributed by atoms with E-state index in [1.165, 1.54) is 4.90 Å². The maximum Gasteiger partial charge on any atom is 0.308 e. The third-order valence-corrected chi connectivity index (χ3v) is 4.41. The van der Waals surface area contributed by atoms with E-state index in [9.17, 15) is 9.59 Å². The molecule has 1 N–H and O–H groups in total. The Bertz CT molecular complexity index is 789. The number of hydrogen-bond donors (Lipinski definition) is 1. The molecule has 0 saturated carbocycles. The third-order valence-electron chi connectivity index (χ3n) is 4.18. The minimum absolute atomic E-state index is 0.210. The number of carboxylic acids is 1. The van der Waals surface area contributed by atoms with E-state index in [0.29, 0.717) is 30.1 Å². The molecular weight excluding hydrogens is 332 g/mol. The molecule has 0 radical (unpaired) electrons. The van der Waals surface area contributed by atoms with Crippen LogP contribution >= 0.6 is 11.6 Å². The monoisotopic (exact) mass is 348 g/mol. The summed E-state index contributed by atoms with van der Waals surface area (Å²) in [6.07, 6.45) is 1.03. The Kier molecular flexibility index (Phi) is 4.53. The zero-order valence-corrected chi connectivity index (χ0v) is 13.9. The second kappa shape index (κ2) is 6.60. The summed E-state index contributed by atoms with van der Waals surface area (Å²) in [6.45, 7) is 2.55. The first-order chi connectivity index (χ1) is 11.5. The Balaban J connectivity index is 1.90. The molecule has 2 heterocycles. The summed E-state index contributed by atoms with van der Waals surface area (Å²) in [5, 5.41) is 17.8. The molecular formula is C16H17ClN4O3. The zero-order chi connectivity index (χ0) is 17.3. The van der Waals surface area contributed by atoms with E-state index >= 15 is 0 Å². The second-order valence-corrected chi connectivity index (χ2v) is 6.14. The predicted octanol–water partition coefficient (Wildman–Crippen LogP) is 2.03. The first kappa shape index (κ1) is 16.4. The van der Waals surface area contributed by atoms with Crippen molar-refractivity contribution in [2.75, 3.05) is 13.1 Å². The molecule has 1 aromatic carbocycles. The molecule has 24 heavy (non-hydrogen) atoms. The number of amides is 1. The van der Waals surface area contributed by atoms with Gasteiger partial charge in [0.25, 0.3) is 5.91 Å². The first-order valence-electron chi connectivity index (χ1n) is 7.73. The van der Waals surface area contributed by atoms with Gasteiger partial charge in [0.2, 0.25) is 0 Å². The average Bonchev–Trinajstić information content (AvgIpc) is 3.21. The van der Waals surface area contributed by atoms with Crippen LogP contribution in [0.25, 0.3) is 5.69 Å². The number of aliphatic carboxylic acids is 1. The van der Waals surface area contributed by atoms with Crippen molar-refractivity contribution in [2.24, 2.45) is 5.92 Å². The van der Waals surface area contributed by atoms with Crippen molar-refractivity contribution in [3.8, 4) is 5.69 Å². The molecule has 8 heteroatoms. The molecule has 1 aliphatic heterocycles. The van der Waals surface area contributed by atoms with Gasteiger partial charge >= 0.3 is 5.97 Å². The van der Waals surface area contributed by atoms with Crippen LogP contribution < -0.4 is 0 Å². The van der Waals surface area contributed by atoms with Crippen LogP contribution in [0.2, 0.25) is 5.02 Å². The van der Waals surface area contributed by atoms with Crippen molar-refractivity contribution in [3.05, 3.63) is 40.7 Å².